The van der Waals surface area contributed by atoms with E-state index in [1.807, 2.05) is 0 Å². The highest BCUT2D eigenvalue weighted by molar-refractivity contribution is 6.22. The second kappa shape index (κ2) is 7.23. The lowest BCUT2D eigenvalue weighted by Gasteiger charge is -2.47. The molecule has 9 atom stereocenters. The van der Waals surface area contributed by atoms with Gasteiger partial charge in [-0.2, -0.15) is 0 Å². The molecule has 2 rings (SSSR count). The summed E-state index contributed by atoms with van der Waals surface area (Å²) in [4.78, 5) is 0. The van der Waals surface area contributed by atoms with E-state index in [1.54, 1.807) is 0 Å². The third-order valence-corrected chi connectivity index (χ3v) is 4.51. The molecule has 2 aliphatic heterocycles. The zero-order chi connectivity index (χ0) is 18.3. The van der Waals surface area contributed by atoms with Crippen molar-refractivity contribution in [3.8, 4) is 0 Å². The highest BCUT2D eigenvalue weighted by Crippen LogP contribution is 2.42. The Morgan fingerprint density at radius 1 is 0.792 bits per heavy atom. The van der Waals surface area contributed by atoms with Crippen LogP contribution in [-0.4, -0.2) is 114 Å². The maximum Gasteiger partial charge on any atom is 0.281 e. The van der Waals surface area contributed by atoms with E-state index in [1.165, 1.54) is 0 Å². The van der Waals surface area contributed by atoms with E-state index >= 15 is 0 Å². The van der Waals surface area contributed by atoms with E-state index in [4.69, 9.17) is 36.0 Å². The Labute approximate surface area is 141 Å². The van der Waals surface area contributed by atoms with Gasteiger partial charge in [-0.1, -0.05) is 11.6 Å². The molecular weight excluding hydrogens is 356 g/mol. The smallest absolute Gasteiger partial charge is 0.281 e. The Kier molecular flexibility index (Phi) is 6.07. The number of aliphatic hydroxyl groups excluding tert-OH is 8. The van der Waals surface area contributed by atoms with Gasteiger partial charge in [-0.3, -0.25) is 4.74 Å². The van der Waals surface area contributed by atoms with Crippen LogP contribution in [0.25, 0.3) is 0 Å². The zero-order valence-corrected chi connectivity index (χ0v) is 13.1. The van der Waals surface area contributed by atoms with E-state index in [0.717, 1.165) is 0 Å². The first kappa shape index (κ1) is 20.2. The van der Waals surface area contributed by atoms with Crippen molar-refractivity contribution in [1.82, 2.24) is 0 Å². The average Bonchev–Trinajstić information content (AvgIpc) is 2.81. The minimum Gasteiger partial charge on any atom is -0.394 e. The predicted molar refractivity (Wildman–Crippen MR) is 73.4 cm³/mol. The molecule has 24 heavy (non-hydrogen) atoms. The largest absolute Gasteiger partial charge is 0.394 e. The van der Waals surface area contributed by atoms with Crippen molar-refractivity contribution >= 4 is 11.6 Å². The number of halogens is 1. The van der Waals surface area contributed by atoms with Crippen molar-refractivity contribution < 1.29 is 55.1 Å². The van der Waals surface area contributed by atoms with Crippen LogP contribution in [0, 0.1) is 0 Å². The number of hydrogen-bond donors (Lipinski definition) is 8. The van der Waals surface area contributed by atoms with Crippen molar-refractivity contribution in [2.75, 3.05) is 19.8 Å². The highest BCUT2D eigenvalue weighted by Gasteiger charge is 2.63. The van der Waals surface area contributed by atoms with Crippen LogP contribution >= 0.6 is 11.6 Å². The van der Waals surface area contributed by atoms with Crippen LogP contribution in [0.4, 0.5) is 0 Å². The SMILES string of the molecule is OC[C@H]1OC(CO)(O[C@]2(Cl)O[C@H](CO)[C@@H](O)[C@H](O)[C@H]2O)[C@@H](O)[C@@H]1O. The molecule has 1 unspecified atom stereocenters. The monoisotopic (exact) mass is 376 g/mol. The van der Waals surface area contributed by atoms with Crippen LogP contribution in [0.5, 0.6) is 0 Å². The van der Waals surface area contributed by atoms with Gasteiger partial charge >= 0.3 is 0 Å². The topological polar surface area (TPSA) is 190 Å². The molecule has 0 bridgehead atoms. The normalized spacial score (nSPS) is 52.6. The van der Waals surface area contributed by atoms with Gasteiger partial charge in [0, 0.05) is 0 Å². The molecule has 2 fully saturated rings. The molecule has 2 saturated heterocycles. The number of rotatable bonds is 5. The van der Waals surface area contributed by atoms with Crippen molar-refractivity contribution in [2.45, 2.75) is 53.8 Å². The summed E-state index contributed by atoms with van der Waals surface area (Å²) in [6, 6.07) is 0. The van der Waals surface area contributed by atoms with Gasteiger partial charge < -0.3 is 50.3 Å². The molecular formula is C12H21ClO11. The Morgan fingerprint density at radius 3 is 1.79 bits per heavy atom. The second-order valence-corrected chi connectivity index (χ2v) is 6.22. The van der Waals surface area contributed by atoms with Crippen LogP contribution in [0.3, 0.4) is 0 Å². The highest BCUT2D eigenvalue weighted by atomic mass is 35.5. The van der Waals surface area contributed by atoms with Gasteiger partial charge in [0.2, 0.25) is 5.79 Å². The van der Waals surface area contributed by atoms with Crippen molar-refractivity contribution in [1.29, 1.82) is 0 Å². The van der Waals surface area contributed by atoms with Crippen LogP contribution in [-0.2, 0) is 14.2 Å². The molecule has 0 radical (unpaired) electrons. The summed E-state index contributed by atoms with van der Waals surface area (Å²) >= 11 is 5.99. The Morgan fingerprint density at radius 2 is 1.33 bits per heavy atom. The van der Waals surface area contributed by atoms with Gasteiger partial charge in [0.05, 0.1) is 13.2 Å². The van der Waals surface area contributed by atoms with Crippen LogP contribution < -0.4 is 0 Å². The second-order valence-electron chi connectivity index (χ2n) is 5.69. The van der Waals surface area contributed by atoms with Crippen LogP contribution in [0.1, 0.15) is 0 Å². The lowest BCUT2D eigenvalue weighted by molar-refractivity contribution is -0.402. The summed E-state index contributed by atoms with van der Waals surface area (Å²) in [6.45, 7) is -2.57. The van der Waals surface area contributed by atoms with Gasteiger partial charge in [-0.25, -0.2) is 0 Å². The summed E-state index contributed by atoms with van der Waals surface area (Å²) in [5, 5.41) is 74.5. The quantitative estimate of drug-likeness (QED) is 0.215. The van der Waals surface area contributed by atoms with E-state index in [9.17, 15) is 30.6 Å². The standard InChI is InChI=1S/C12H21ClO11/c13-12(10(21)8(19)6(17)4(1-14)23-12)24-11(3-16)9(20)7(18)5(2-15)22-11/h4-10,14-21H,1-3H2/t4-,5-,6-,7-,8+,9+,10-,11?,12-/m1/s1. The fourth-order valence-electron chi connectivity index (χ4n) is 2.67. The first-order valence-corrected chi connectivity index (χ1v) is 7.51. The number of ether oxygens (including phenoxy) is 3. The molecule has 0 amide bonds. The van der Waals surface area contributed by atoms with Gasteiger partial charge in [0.1, 0.15) is 43.2 Å². The van der Waals surface area contributed by atoms with Crippen molar-refractivity contribution in [3.63, 3.8) is 0 Å². The molecule has 8 N–H and O–H groups in total. The fourth-order valence-corrected chi connectivity index (χ4v) is 3.05. The molecule has 0 aromatic rings. The zero-order valence-electron chi connectivity index (χ0n) is 12.3. The molecule has 12 heteroatoms. The van der Waals surface area contributed by atoms with Crippen molar-refractivity contribution in [3.05, 3.63) is 0 Å². The Hall–Kier alpha value is -0.150. The maximum atomic E-state index is 10.1. The minimum atomic E-state index is -2.64. The van der Waals surface area contributed by atoms with E-state index in [0.29, 0.717) is 0 Å². The fraction of sp³-hybridized carbons (Fsp3) is 1.00. The summed E-state index contributed by atoms with van der Waals surface area (Å²) < 4.78 is 15.3. The molecule has 142 valence electrons. The Balaban J connectivity index is 2.29. The number of alkyl halides is 1. The third-order valence-electron chi connectivity index (χ3n) is 4.12. The van der Waals surface area contributed by atoms with Crippen LogP contribution in [0.15, 0.2) is 0 Å². The number of hydrogen-bond acceptors (Lipinski definition) is 11. The summed E-state index contributed by atoms with van der Waals surface area (Å²) in [7, 11) is 0. The Bertz CT molecular complexity index is 439. The van der Waals surface area contributed by atoms with E-state index in [-0.39, 0.29) is 0 Å². The molecule has 2 heterocycles. The van der Waals surface area contributed by atoms with E-state index in [2.05, 4.69) is 0 Å². The summed E-state index contributed by atoms with van der Waals surface area (Å²) in [5.74, 6) is -2.39. The first-order valence-electron chi connectivity index (χ1n) is 7.13. The average molecular weight is 377 g/mol. The first-order chi connectivity index (χ1) is 11.2. The predicted octanol–water partition coefficient (Wildman–Crippen LogP) is -4.83. The molecule has 0 spiro atoms. The van der Waals surface area contributed by atoms with Gasteiger partial charge in [-0.05, 0) is 0 Å². The molecule has 0 aromatic carbocycles. The molecule has 0 saturated carbocycles. The summed E-state index contributed by atoms with van der Waals surface area (Å²) in [5.41, 5.74) is 0. The third kappa shape index (κ3) is 3.16. The van der Waals surface area contributed by atoms with E-state index < -0.39 is 73.6 Å². The van der Waals surface area contributed by atoms with Crippen LogP contribution in [0.2, 0.25) is 0 Å². The molecule has 0 aromatic heterocycles. The van der Waals surface area contributed by atoms with Crippen molar-refractivity contribution in [2.24, 2.45) is 0 Å². The maximum absolute atomic E-state index is 10.1. The molecule has 2 aliphatic rings. The lowest BCUT2D eigenvalue weighted by atomic mass is 9.98. The van der Waals surface area contributed by atoms with Gasteiger partial charge in [0.25, 0.3) is 5.25 Å². The number of aliphatic hydroxyl groups is 8. The lowest BCUT2D eigenvalue weighted by Crippen LogP contribution is -2.67. The summed E-state index contributed by atoms with van der Waals surface area (Å²) in [6.07, 6.45) is -11.9. The van der Waals surface area contributed by atoms with Gasteiger partial charge in [-0.15, -0.1) is 0 Å². The molecule has 0 aliphatic carbocycles. The molecule has 11 nitrogen and oxygen atoms in total. The minimum absolute atomic E-state index is 0.720. The van der Waals surface area contributed by atoms with Gasteiger partial charge in [0.15, 0.2) is 6.10 Å².